The van der Waals surface area contributed by atoms with Crippen LogP contribution in [0, 0.1) is 0 Å². The van der Waals surface area contributed by atoms with Crippen LogP contribution in [-0.4, -0.2) is 35.2 Å². The summed E-state index contributed by atoms with van der Waals surface area (Å²) in [4.78, 5) is 0. The van der Waals surface area contributed by atoms with E-state index >= 15 is 0 Å². The van der Waals surface area contributed by atoms with Crippen molar-refractivity contribution >= 4 is 8.80 Å². The minimum absolute atomic E-state index is 0.371. The molecule has 0 rings (SSSR count). The zero-order valence-corrected chi connectivity index (χ0v) is 10.4. The van der Waals surface area contributed by atoms with Crippen LogP contribution in [0.15, 0.2) is 11.8 Å². The van der Waals surface area contributed by atoms with E-state index in [1.165, 1.54) is 0 Å². The van der Waals surface area contributed by atoms with Crippen molar-refractivity contribution in [2.75, 3.05) is 21.3 Å². The van der Waals surface area contributed by atoms with Gasteiger partial charge in [-0.05, 0) is 12.5 Å². The standard InChI is InChI=1S/C9H20O4Si/c1-5-6-9(10)7-8-14(11-2,12-3)13-4/h6,10H,5,7-8H2,1-4H3. The van der Waals surface area contributed by atoms with Gasteiger partial charge >= 0.3 is 8.80 Å². The monoisotopic (exact) mass is 220 g/mol. The summed E-state index contributed by atoms with van der Waals surface area (Å²) >= 11 is 0. The third-order valence-electron chi connectivity index (χ3n) is 2.06. The second-order valence-corrected chi connectivity index (χ2v) is 5.99. The Kier molecular flexibility index (Phi) is 6.82. The minimum atomic E-state index is -2.51. The molecule has 1 N–H and O–H groups in total. The lowest BCUT2D eigenvalue weighted by Gasteiger charge is -2.23. The van der Waals surface area contributed by atoms with Crippen LogP contribution in [0.3, 0.4) is 0 Å². The number of aliphatic hydroxyl groups excluding tert-OH is 1. The van der Waals surface area contributed by atoms with Gasteiger partial charge in [0.1, 0.15) is 0 Å². The van der Waals surface area contributed by atoms with Crippen LogP contribution in [0.2, 0.25) is 6.04 Å². The lowest BCUT2D eigenvalue weighted by atomic mass is 10.3. The highest BCUT2D eigenvalue weighted by Gasteiger charge is 2.37. The molecule has 0 amide bonds. The van der Waals surface area contributed by atoms with Gasteiger partial charge in [0.2, 0.25) is 0 Å². The van der Waals surface area contributed by atoms with Gasteiger partial charge in [-0.15, -0.1) is 0 Å². The first-order chi connectivity index (χ1) is 6.64. The Morgan fingerprint density at radius 3 is 2.07 bits per heavy atom. The van der Waals surface area contributed by atoms with Crippen molar-refractivity contribution in [3.8, 4) is 0 Å². The Balaban J connectivity index is 4.12. The van der Waals surface area contributed by atoms with Crippen molar-refractivity contribution in [2.24, 2.45) is 0 Å². The fourth-order valence-electron chi connectivity index (χ4n) is 1.18. The summed E-state index contributed by atoms with van der Waals surface area (Å²) in [6, 6.07) is 0.596. The average Bonchev–Trinajstić information content (AvgIpc) is 2.21. The summed E-state index contributed by atoms with van der Waals surface area (Å²) in [6.45, 7) is 1.98. The Labute approximate surface area is 86.9 Å². The first-order valence-corrected chi connectivity index (χ1v) is 6.60. The predicted octanol–water partition coefficient (Wildman–Crippen LogP) is 2.11. The molecule has 0 aliphatic carbocycles. The van der Waals surface area contributed by atoms with E-state index < -0.39 is 8.80 Å². The summed E-state index contributed by atoms with van der Waals surface area (Å²) in [6.07, 6.45) is 3.14. The number of hydrogen-bond acceptors (Lipinski definition) is 4. The molecule has 0 bridgehead atoms. The second-order valence-electron chi connectivity index (χ2n) is 2.90. The summed E-state index contributed by atoms with van der Waals surface area (Å²) in [5, 5.41) is 9.42. The smallest absolute Gasteiger partial charge is 0.500 e. The van der Waals surface area contributed by atoms with Crippen LogP contribution in [-0.2, 0) is 13.3 Å². The zero-order chi connectivity index (χ0) is 11.0. The molecule has 0 saturated heterocycles. The molecule has 0 saturated carbocycles. The molecule has 4 nitrogen and oxygen atoms in total. The molecule has 5 heteroatoms. The van der Waals surface area contributed by atoms with E-state index in [1.807, 2.05) is 6.92 Å². The van der Waals surface area contributed by atoms with Gasteiger partial charge in [-0.3, -0.25) is 0 Å². The van der Waals surface area contributed by atoms with E-state index in [-0.39, 0.29) is 0 Å². The molecule has 0 radical (unpaired) electrons. The first kappa shape index (κ1) is 13.6. The van der Waals surface area contributed by atoms with Gasteiger partial charge in [0.25, 0.3) is 0 Å². The Bertz CT molecular complexity index is 169. The van der Waals surface area contributed by atoms with Crippen LogP contribution in [0.25, 0.3) is 0 Å². The van der Waals surface area contributed by atoms with Gasteiger partial charge in [0.15, 0.2) is 0 Å². The summed E-state index contributed by atoms with van der Waals surface area (Å²) in [5.41, 5.74) is 0. The van der Waals surface area contributed by atoms with Gasteiger partial charge in [-0.25, -0.2) is 0 Å². The minimum Gasteiger partial charge on any atom is -0.513 e. The SMILES string of the molecule is CCC=C(O)CC[Si](OC)(OC)OC. The Morgan fingerprint density at radius 1 is 1.21 bits per heavy atom. The molecular formula is C9H20O4Si. The van der Waals surface area contributed by atoms with Crippen LogP contribution in [0.5, 0.6) is 0 Å². The van der Waals surface area contributed by atoms with Crippen LogP contribution < -0.4 is 0 Å². The summed E-state index contributed by atoms with van der Waals surface area (Å²) < 4.78 is 15.7. The lowest BCUT2D eigenvalue weighted by Crippen LogP contribution is -2.42. The molecule has 14 heavy (non-hydrogen) atoms. The molecule has 84 valence electrons. The largest absolute Gasteiger partial charge is 0.513 e. The van der Waals surface area contributed by atoms with Crippen molar-refractivity contribution in [1.82, 2.24) is 0 Å². The predicted molar refractivity (Wildman–Crippen MR) is 57.2 cm³/mol. The average molecular weight is 220 g/mol. The molecule has 0 aromatic heterocycles. The van der Waals surface area contributed by atoms with Crippen LogP contribution in [0.1, 0.15) is 19.8 Å². The maximum Gasteiger partial charge on any atom is 0.500 e. The molecule has 0 unspecified atom stereocenters. The summed E-state index contributed by atoms with van der Waals surface area (Å²) in [7, 11) is 2.20. The third kappa shape index (κ3) is 4.23. The van der Waals surface area contributed by atoms with Gasteiger partial charge in [-0.2, -0.15) is 0 Å². The molecule has 0 heterocycles. The van der Waals surface area contributed by atoms with E-state index in [9.17, 15) is 5.11 Å². The van der Waals surface area contributed by atoms with E-state index in [1.54, 1.807) is 27.4 Å². The van der Waals surface area contributed by atoms with Crippen molar-refractivity contribution in [3.05, 3.63) is 11.8 Å². The summed E-state index contributed by atoms with van der Waals surface area (Å²) in [5.74, 6) is 0.371. The fourth-order valence-corrected chi connectivity index (χ4v) is 2.85. The molecular weight excluding hydrogens is 200 g/mol. The van der Waals surface area contributed by atoms with Gasteiger partial charge in [-0.1, -0.05) is 6.92 Å². The Hall–Kier alpha value is -0.363. The topological polar surface area (TPSA) is 47.9 Å². The quantitative estimate of drug-likeness (QED) is 0.527. The van der Waals surface area contributed by atoms with Gasteiger partial charge < -0.3 is 18.4 Å². The maximum atomic E-state index is 9.42. The van der Waals surface area contributed by atoms with Crippen molar-refractivity contribution in [3.63, 3.8) is 0 Å². The molecule has 0 fully saturated rings. The maximum absolute atomic E-state index is 9.42. The number of aliphatic hydroxyl groups is 1. The fraction of sp³-hybridized carbons (Fsp3) is 0.778. The van der Waals surface area contributed by atoms with Crippen molar-refractivity contribution in [2.45, 2.75) is 25.8 Å². The van der Waals surface area contributed by atoms with Crippen LogP contribution >= 0.6 is 0 Å². The van der Waals surface area contributed by atoms with Gasteiger partial charge in [0, 0.05) is 33.8 Å². The van der Waals surface area contributed by atoms with Crippen LogP contribution in [0.4, 0.5) is 0 Å². The number of allylic oxidation sites excluding steroid dienone is 2. The molecule has 0 aromatic rings. The first-order valence-electron chi connectivity index (χ1n) is 4.67. The van der Waals surface area contributed by atoms with E-state index in [0.29, 0.717) is 18.2 Å². The van der Waals surface area contributed by atoms with Crippen molar-refractivity contribution in [1.29, 1.82) is 0 Å². The van der Waals surface area contributed by atoms with E-state index in [4.69, 9.17) is 13.3 Å². The van der Waals surface area contributed by atoms with Crippen molar-refractivity contribution < 1.29 is 18.4 Å². The number of rotatable bonds is 7. The highest BCUT2D eigenvalue weighted by molar-refractivity contribution is 6.60. The third-order valence-corrected chi connectivity index (χ3v) is 4.79. The Morgan fingerprint density at radius 2 is 1.71 bits per heavy atom. The van der Waals surface area contributed by atoms with E-state index in [0.717, 1.165) is 6.42 Å². The molecule has 0 aromatic carbocycles. The normalized spacial score (nSPS) is 13.3. The highest BCUT2D eigenvalue weighted by atomic mass is 28.4. The second kappa shape index (κ2) is 7.00. The lowest BCUT2D eigenvalue weighted by molar-refractivity contribution is 0.122. The molecule has 0 aliphatic heterocycles. The zero-order valence-electron chi connectivity index (χ0n) is 9.37. The van der Waals surface area contributed by atoms with E-state index in [2.05, 4.69) is 0 Å². The van der Waals surface area contributed by atoms with Gasteiger partial charge in [0.05, 0.1) is 5.76 Å². The highest BCUT2D eigenvalue weighted by Crippen LogP contribution is 2.17. The molecule has 0 aliphatic rings. The molecule has 0 atom stereocenters. The number of hydrogen-bond donors (Lipinski definition) is 1. The molecule has 0 spiro atoms.